The van der Waals surface area contributed by atoms with Crippen molar-refractivity contribution in [2.45, 2.75) is 37.3 Å². The molecule has 1 unspecified atom stereocenters. The van der Waals surface area contributed by atoms with Crippen LogP contribution in [0.15, 0.2) is 40.3 Å². The summed E-state index contributed by atoms with van der Waals surface area (Å²) in [5.74, 6) is -2.56. The highest BCUT2D eigenvalue weighted by atomic mass is 32.1. The largest absolute Gasteiger partial charge is 0.490 e. The van der Waals surface area contributed by atoms with Crippen LogP contribution in [0.1, 0.15) is 28.3 Å². The second kappa shape index (κ2) is 11.2. The van der Waals surface area contributed by atoms with Crippen molar-refractivity contribution >= 4 is 29.1 Å². The molecular formula is C22H26F3N3O6S. The van der Waals surface area contributed by atoms with Crippen LogP contribution >= 0.6 is 11.3 Å². The zero-order valence-electron chi connectivity index (χ0n) is 18.9. The minimum atomic E-state index is -5.08. The highest BCUT2D eigenvalue weighted by Gasteiger charge is 2.45. The van der Waals surface area contributed by atoms with E-state index in [-0.39, 0.29) is 11.8 Å². The molecule has 1 spiro atoms. The van der Waals surface area contributed by atoms with Gasteiger partial charge in [0.25, 0.3) is 11.8 Å². The van der Waals surface area contributed by atoms with Crippen LogP contribution in [0.2, 0.25) is 0 Å². The predicted octanol–water partition coefficient (Wildman–Crippen LogP) is 2.60. The summed E-state index contributed by atoms with van der Waals surface area (Å²) in [5.41, 5.74) is -0.391. The fourth-order valence-electron chi connectivity index (χ4n) is 4.00. The lowest BCUT2D eigenvalue weighted by Gasteiger charge is -2.48. The fourth-order valence-corrected chi connectivity index (χ4v) is 4.65. The minimum Gasteiger partial charge on any atom is -0.475 e. The van der Waals surface area contributed by atoms with Gasteiger partial charge in [0.2, 0.25) is 0 Å². The molecule has 2 aliphatic rings. The number of alkyl halides is 3. The van der Waals surface area contributed by atoms with E-state index in [0.717, 1.165) is 11.4 Å². The van der Waals surface area contributed by atoms with Gasteiger partial charge in [0.1, 0.15) is 6.10 Å². The normalized spacial score (nSPS) is 20.1. The molecule has 192 valence electrons. The number of morpholine rings is 1. The molecule has 2 aromatic heterocycles. The van der Waals surface area contributed by atoms with Crippen LogP contribution in [0.5, 0.6) is 0 Å². The maximum atomic E-state index is 12.7. The van der Waals surface area contributed by atoms with Crippen molar-refractivity contribution in [1.29, 1.82) is 0 Å². The Morgan fingerprint density at radius 1 is 1.23 bits per heavy atom. The molecule has 2 aromatic rings. The summed E-state index contributed by atoms with van der Waals surface area (Å²) in [5, 5.41) is 12.1. The Balaban J connectivity index is 0.000000429. The third-order valence-electron chi connectivity index (χ3n) is 5.67. The zero-order chi connectivity index (χ0) is 25.6. The van der Waals surface area contributed by atoms with Gasteiger partial charge in [0, 0.05) is 31.1 Å². The van der Waals surface area contributed by atoms with Gasteiger partial charge in [-0.15, -0.1) is 11.3 Å². The van der Waals surface area contributed by atoms with Gasteiger partial charge in [-0.3, -0.25) is 9.59 Å². The lowest BCUT2D eigenvalue weighted by atomic mass is 9.88. The van der Waals surface area contributed by atoms with Crippen molar-refractivity contribution < 1.29 is 41.8 Å². The van der Waals surface area contributed by atoms with Gasteiger partial charge in [-0.2, -0.15) is 13.2 Å². The van der Waals surface area contributed by atoms with Crippen LogP contribution in [0, 0.1) is 0 Å². The number of rotatable bonds is 4. The van der Waals surface area contributed by atoms with Crippen molar-refractivity contribution in [3.05, 3.63) is 46.5 Å². The predicted molar refractivity (Wildman–Crippen MR) is 119 cm³/mol. The molecule has 2 saturated heterocycles. The summed E-state index contributed by atoms with van der Waals surface area (Å²) in [6.45, 7) is 3.06. The zero-order valence-corrected chi connectivity index (χ0v) is 19.7. The summed E-state index contributed by atoms with van der Waals surface area (Å²) in [6.07, 6.45) is -2.65. The summed E-state index contributed by atoms with van der Waals surface area (Å²) >= 11 is 1.62. The number of ether oxygens (including phenoxy) is 1. The van der Waals surface area contributed by atoms with Crippen molar-refractivity contribution in [2.24, 2.45) is 0 Å². The van der Waals surface area contributed by atoms with Crippen molar-refractivity contribution in [3.8, 4) is 0 Å². The first-order valence-electron chi connectivity index (χ1n) is 10.8. The second-order valence-corrected chi connectivity index (χ2v) is 9.39. The van der Waals surface area contributed by atoms with Crippen LogP contribution in [0.3, 0.4) is 0 Å². The smallest absolute Gasteiger partial charge is 0.475 e. The highest BCUT2D eigenvalue weighted by molar-refractivity contribution is 7.09. The first kappa shape index (κ1) is 26.7. The summed E-state index contributed by atoms with van der Waals surface area (Å²) < 4.78 is 43.3. The molecule has 35 heavy (non-hydrogen) atoms. The number of hydrogen-bond donors (Lipinski definition) is 2. The molecule has 9 nitrogen and oxygen atoms in total. The summed E-state index contributed by atoms with van der Waals surface area (Å²) in [6, 6.07) is 7.39. The average Bonchev–Trinajstić information content (AvgIpc) is 3.51. The van der Waals surface area contributed by atoms with Gasteiger partial charge in [0.05, 0.1) is 18.4 Å². The van der Waals surface area contributed by atoms with Crippen LogP contribution < -0.4 is 5.32 Å². The number of carbonyl (C=O) groups excluding carboxylic acids is 2. The fraction of sp³-hybridized carbons (Fsp3) is 0.500. The SMILES string of the molecule is CN1CC(C(=O)NCc2cccs2)OC2(CCN(C(=O)c3ccco3)CC2)C1.O=C(O)C(F)(F)F. The Labute approximate surface area is 203 Å². The lowest BCUT2D eigenvalue weighted by molar-refractivity contribution is -0.192. The summed E-state index contributed by atoms with van der Waals surface area (Å²) in [7, 11) is 2.02. The maximum Gasteiger partial charge on any atom is 0.490 e. The van der Waals surface area contributed by atoms with E-state index in [1.54, 1.807) is 28.4 Å². The van der Waals surface area contributed by atoms with E-state index in [4.69, 9.17) is 19.1 Å². The average molecular weight is 518 g/mol. The van der Waals surface area contributed by atoms with Crippen LogP contribution in [0.4, 0.5) is 13.2 Å². The van der Waals surface area contributed by atoms with Crippen molar-refractivity contribution in [1.82, 2.24) is 15.1 Å². The molecule has 4 rings (SSSR count). The number of amides is 2. The van der Waals surface area contributed by atoms with Gasteiger partial charge < -0.3 is 29.4 Å². The van der Waals surface area contributed by atoms with E-state index in [1.165, 1.54) is 6.26 Å². The number of piperidine rings is 1. The second-order valence-electron chi connectivity index (χ2n) is 8.36. The Morgan fingerprint density at radius 3 is 2.46 bits per heavy atom. The molecule has 13 heteroatoms. The molecule has 2 amide bonds. The van der Waals surface area contributed by atoms with E-state index in [9.17, 15) is 22.8 Å². The number of carboxylic acids is 1. The van der Waals surface area contributed by atoms with E-state index in [1.807, 2.05) is 24.6 Å². The number of aliphatic carboxylic acids is 1. The molecule has 2 aliphatic heterocycles. The van der Waals surface area contributed by atoms with Crippen LogP contribution in [-0.2, 0) is 20.9 Å². The van der Waals surface area contributed by atoms with Gasteiger partial charge in [0.15, 0.2) is 5.76 Å². The molecule has 4 heterocycles. The topological polar surface area (TPSA) is 112 Å². The molecule has 0 aromatic carbocycles. The molecular weight excluding hydrogens is 491 g/mol. The number of nitrogens with one attached hydrogen (secondary N) is 1. The number of furan rings is 1. The molecule has 0 bridgehead atoms. The van der Waals surface area contributed by atoms with E-state index >= 15 is 0 Å². The first-order valence-corrected chi connectivity index (χ1v) is 11.7. The Kier molecular flexibility index (Phi) is 8.56. The molecule has 0 saturated carbocycles. The number of carboxylic acid groups (broad SMARTS) is 1. The van der Waals surface area contributed by atoms with Crippen molar-refractivity contribution in [2.75, 3.05) is 33.2 Å². The number of thiophene rings is 1. The van der Waals surface area contributed by atoms with Crippen molar-refractivity contribution in [3.63, 3.8) is 0 Å². The Bertz CT molecular complexity index is 989. The van der Waals surface area contributed by atoms with Crippen LogP contribution in [0.25, 0.3) is 0 Å². The standard InChI is InChI=1S/C20H25N3O4S.C2HF3O2/c1-22-13-17(18(24)21-12-15-4-3-11-28-15)27-20(14-22)6-8-23(9-7-20)19(25)16-5-2-10-26-16;3-2(4,5)1(6)7/h2-5,10-11,17H,6-9,12-14H2,1H3,(H,21,24);(H,6,7). The van der Waals surface area contributed by atoms with Gasteiger partial charge in [-0.1, -0.05) is 6.07 Å². The monoisotopic (exact) mass is 517 g/mol. The Hall–Kier alpha value is -2.90. The molecule has 1 atom stereocenters. The van der Waals surface area contributed by atoms with Gasteiger partial charge in [-0.25, -0.2) is 4.79 Å². The van der Waals surface area contributed by atoms with E-state index in [0.29, 0.717) is 44.8 Å². The number of carbonyl (C=O) groups is 3. The number of likely N-dealkylation sites (tertiary alicyclic amines) is 1. The molecule has 2 fully saturated rings. The van der Waals surface area contributed by atoms with Gasteiger partial charge >= 0.3 is 12.1 Å². The van der Waals surface area contributed by atoms with Crippen LogP contribution in [-0.4, -0.2) is 83.8 Å². The lowest BCUT2D eigenvalue weighted by Crippen LogP contribution is -2.61. The van der Waals surface area contributed by atoms with E-state index in [2.05, 4.69) is 10.2 Å². The first-order chi connectivity index (χ1) is 16.5. The third-order valence-corrected chi connectivity index (χ3v) is 6.55. The highest BCUT2D eigenvalue weighted by Crippen LogP contribution is 2.32. The molecule has 0 aliphatic carbocycles. The summed E-state index contributed by atoms with van der Waals surface area (Å²) in [4.78, 5) is 39.1. The van der Waals surface area contributed by atoms with Gasteiger partial charge in [-0.05, 0) is 43.5 Å². The minimum absolute atomic E-state index is 0.0755. The molecule has 0 radical (unpaired) electrons. The number of nitrogens with zero attached hydrogens (tertiary/aromatic N) is 2. The number of likely N-dealkylation sites (N-methyl/N-ethyl adjacent to an activating group) is 1. The maximum absolute atomic E-state index is 12.7. The van der Waals surface area contributed by atoms with E-state index < -0.39 is 23.9 Å². The quantitative estimate of drug-likeness (QED) is 0.641. The third kappa shape index (κ3) is 7.29. The number of hydrogen-bond acceptors (Lipinski definition) is 7. The Morgan fingerprint density at radius 2 is 1.91 bits per heavy atom. The molecule has 2 N–H and O–H groups in total. The number of halogens is 3.